The minimum Gasteiger partial charge on any atom is -0.378 e. The number of morpholine rings is 1. The summed E-state index contributed by atoms with van der Waals surface area (Å²) in [6.07, 6.45) is 2.11. The second kappa shape index (κ2) is 10.5. The van der Waals surface area contributed by atoms with Gasteiger partial charge in [0.1, 0.15) is 0 Å². The average molecular weight is 413 g/mol. The number of rotatable bonds is 7. The number of aryl methyl sites for hydroxylation is 1. The summed E-state index contributed by atoms with van der Waals surface area (Å²) >= 11 is 0. The molecular weight excluding hydrogens is 376 g/mol. The van der Waals surface area contributed by atoms with E-state index in [0.717, 1.165) is 51.0 Å². The van der Waals surface area contributed by atoms with Crippen molar-refractivity contribution in [1.82, 2.24) is 20.0 Å². The molecule has 2 heterocycles. The number of hydrogen-bond acceptors (Lipinski definition) is 4. The summed E-state index contributed by atoms with van der Waals surface area (Å²) in [6.45, 7) is 12.2. The van der Waals surface area contributed by atoms with Gasteiger partial charge in [0.05, 0.1) is 25.5 Å². The van der Waals surface area contributed by atoms with Gasteiger partial charge in [0.25, 0.3) is 0 Å². The second-order valence-electron chi connectivity index (χ2n) is 8.12. The zero-order chi connectivity index (χ0) is 21.5. The van der Waals surface area contributed by atoms with E-state index < -0.39 is 0 Å². The van der Waals surface area contributed by atoms with E-state index in [2.05, 4.69) is 78.5 Å². The Morgan fingerprint density at radius 1 is 1.23 bits per heavy atom. The van der Waals surface area contributed by atoms with Gasteiger partial charge in [0, 0.05) is 57.7 Å². The van der Waals surface area contributed by atoms with Crippen LogP contribution in [-0.4, -0.2) is 60.5 Å². The van der Waals surface area contributed by atoms with Crippen LogP contribution in [0.25, 0.3) is 0 Å². The molecule has 0 spiro atoms. The minimum absolute atomic E-state index is 0.398. The fourth-order valence-corrected chi connectivity index (χ4v) is 3.88. The maximum atomic E-state index is 5.51. The largest absolute Gasteiger partial charge is 0.378 e. The van der Waals surface area contributed by atoms with Gasteiger partial charge in [-0.15, -0.1) is 0 Å². The molecule has 0 bridgehead atoms. The molecule has 0 unspecified atom stereocenters. The predicted molar refractivity (Wildman–Crippen MR) is 123 cm³/mol. The molecule has 1 aliphatic rings. The number of nitrogens with zero attached hydrogens (tertiary/aromatic N) is 5. The van der Waals surface area contributed by atoms with Crippen LogP contribution in [0.2, 0.25) is 0 Å². The Bertz CT molecular complexity index is 838. The number of ether oxygens (including phenoxy) is 1. The van der Waals surface area contributed by atoms with Gasteiger partial charge in [0.2, 0.25) is 0 Å². The number of aromatic nitrogens is 2. The smallest absolute Gasteiger partial charge is 0.194 e. The molecule has 1 aliphatic heterocycles. The van der Waals surface area contributed by atoms with Crippen LogP contribution >= 0.6 is 0 Å². The summed E-state index contributed by atoms with van der Waals surface area (Å²) in [5.41, 5.74) is 4.90. The third-order valence-corrected chi connectivity index (χ3v) is 5.33. The first kappa shape index (κ1) is 22.2. The van der Waals surface area contributed by atoms with Gasteiger partial charge in [-0.3, -0.25) is 4.68 Å². The summed E-state index contributed by atoms with van der Waals surface area (Å²) in [6, 6.07) is 8.56. The lowest BCUT2D eigenvalue weighted by atomic mass is 10.1. The maximum absolute atomic E-state index is 5.51. The molecule has 7 heteroatoms. The van der Waals surface area contributed by atoms with Crippen molar-refractivity contribution in [3.63, 3.8) is 0 Å². The first-order chi connectivity index (χ1) is 14.5. The van der Waals surface area contributed by atoms with Gasteiger partial charge in [-0.05, 0) is 24.5 Å². The fraction of sp³-hybridized carbons (Fsp3) is 0.565. The molecule has 2 aromatic rings. The van der Waals surface area contributed by atoms with Gasteiger partial charge in [0.15, 0.2) is 5.96 Å². The van der Waals surface area contributed by atoms with Crippen LogP contribution in [0.3, 0.4) is 0 Å². The monoisotopic (exact) mass is 412 g/mol. The van der Waals surface area contributed by atoms with Crippen LogP contribution in [-0.2, 0) is 24.9 Å². The number of aliphatic imine (C=N–C) groups is 1. The summed E-state index contributed by atoms with van der Waals surface area (Å²) in [5, 5.41) is 8.08. The Morgan fingerprint density at radius 2 is 1.97 bits per heavy atom. The van der Waals surface area contributed by atoms with E-state index in [-0.39, 0.29) is 0 Å². The van der Waals surface area contributed by atoms with Crippen molar-refractivity contribution in [1.29, 1.82) is 0 Å². The number of guanidine groups is 1. The first-order valence-electron chi connectivity index (χ1n) is 10.9. The molecule has 30 heavy (non-hydrogen) atoms. The lowest BCUT2D eigenvalue weighted by Gasteiger charge is -2.30. The fourth-order valence-electron chi connectivity index (χ4n) is 3.88. The summed E-state index contributed by atoms with van der Waals surface area (Å²) in [5.74, 6) is 1.31. The van der Waals surface area contributed by atoms with Gasteiger partial charge in [-0.2, -0.15) is 5.10 Å². The zero-order valence-corrected chi connectivity index (χ0v) is 19.1. The standard InChI is InChI=1S/C23H36N6O/c1-6-24-23(27(4)16-20-17-28(5)26-22(20)18(2)3)25-15-19-9-7-8-10-21(19)29-11-13-30-14-12-29/h7-10,17-18H,6,11-16H2,1-5H3,(H,24,25). The quantitative estimate of drug-likeness (QED) is 0.560. The Kier molecular flexibility index (Phi) is 7.74. The third kappa shape index (κ3) is 5.53. The van der Waals surface area contributed by atoms with Crippen molar-refractivity contribution in [2.24, 2.45) is 12.0 Å². The van der Waals surface area contributed by atoms with Crippen LogP contribution in [0.1, 0.15) is 43.5 Å². The highest BCUT2D eigenvalue weighted by atomic mass is 16.5. The van der Waals surface area contributed by atoms with Crippen LogP contribution in [0.15, 0.2) is 35.5 Å². The lowest BCUT2D eigenvalue weighted by molar-refractivity contribution is 0.122. The molecule has 1 fully saturated rings. The van der Waals surface area contributed by atoms with Crippen LogP contribution in [0.4, 0.5) is 5.69 Å². The molecule has 0 saturated carbocycles. The Morgan fingerprint density at radius 3 is 2.67 bits per heavy atom. The molecule has 1 saturated heterocycles. The van der Waals surface area contributed by atoms with Crippen molar-refractivity contribution >= 4 is 11.6 Å². The van der Waals surface area contributed by atoms with Crippen molar-refractivity contribution in [2.45, 2.75) is 39.8 Å². The minimum atomic E-state index is 0.398. The van der Waals surface area contributed by atoms with Crippen molar-refractivity contribution in [2.75, 3.05) is 44.8 Å². The van der Waals surface area contributed by atoms with Gasteiger partial charge in [-0.1, -0.05) is 32.0 Å². The van der Waals surface area contributed by atoms with Crippen molar-refractivity contribution in [3.05, 3.63) is 47.3 Å². The normalized spacial score (nSPS) is 15.0. The topological polar surface area (TPSA) is 57.9 Å². The third-order valence-electron chi connectivity index (χ3n) is 5.33. The van der Waals surface area contributed by atoms with E-state index in [9.17, 15) is 0 Å². The summed E-state index contributed by atoms with van der Waals surface area (Å²) in [4.78, 5) is 9.55. The number of benzene rings is 1. The molecule has 0 radical (unpaired) electrons. The van der Waals surface area contributed by atoms with E-state index in [1.807, 2.05) is 11.7 Å². The van der Waals surface area contributed by atoms with Crippen molar-refractivity contribution in [3.8, 4) is 0 Å². The van der Waals surface area contributed by atoms with Crippen molar-refractivity contribution < 1.29 is 4.74 Å². The molecule has 0 atom stereocenters. The van der Waals surface area contributed by atoms with Crippen LogP contribution < -0.4 is 10.2 Å². The highest BCUT2D eigenvalue weighted by molar-refractivity contribution is 5.79. The number of hydrogen-bond donors (Lipinski definition) is 1. The van der Waals surface area contributed by atoms with E-state index >= 15 is 0 Å². The molecule has 1 aromatic carbocycles. The van der Waals surface area contributed by atoms with Gasteiger partial charge >= 0.3 is 0 Å². The maximum Gasteiger partial charge on any atom is 0.194 e. The van der Waals surface area contributed by atoms with E-state index in [0.29, 0.717) is 12.5 Å². The predicted octanol–water partition coefficient (Wildman–Crippen LogP) is 2.98. The highest BCUT2D eigenvalue weighted by Crippen LogP contribution is 2.23. The average Bonchev–Trinajstić information content (AvgIpc) is 3.12. The molecule has 3 rings (SSSR count). The molecule has 7 nitrogen and oxygen atoms in total. The summed E-state index contributed by atoms with van der Waals surface area (Å²) in [7, 11) is 4.07. The molecule has 164 valence electrons. The highest BCUT2D eigenvalue weighted by Gasteiger charge is 2.17. The van der Waals surface area contributed by atoms with E-state index in [4.69, 9.17) is 9.73 Å². The van der Waals surface area contributed by atoms with Gasteiger partial charge < -0.3 is 19.9 Å². The number of nitrogens with one attached hydrogen (secondary N) is 1. The zero-order valence-electron chi connectivity index (χ0n) is 19.1. The molecule has 1 aromatic heterocycles. The Labute approximate surface area is 180 Å². The van der Waals surface area contributed by atoms with E-state index in [1.165, 1.54) is 16.8 Å². The Balaban J connectivity index is 1.76. The SMILES string of the molecule is CCNC(=NCc1ccccc1N1CCOCC1)N(C)Cc1cn(C)nc1C(C)C. The Hall–Kier alpha value is -2.54. The molecule has 0 aliphatic carbocycles. The molecule has 1 N–H and O–H groups in total. The summed E-state index contributed by atoms with van der Waals surface area (Å²) < 4.78 is 7.42. The lowest BCUT2D eigenvalue weighted by Crippen LogP contribution is -2.39. The van der Waals surface area contributed by atoms with Gasteiger partial charge in [-0.25, -0.2) is 4.99 Å². The van der Waals surface area contributed by atoms with Crippen LogP contribution in [0.5, 0.6) is 0 Å². The molecular formula is C23H36N6O. The first-order valence-corrected chi connectivity index (χ1v) is 10.9. The number of para-hydroxylation sites is 1. The van der Waals surface area contributed by atoms with E-state index in [1.54, 1.807) is 0 Å². The van der Waals surface area contributed by atoms with Crippen LogP contribution in [0, 0.1) is 0 Å². The second-order valence-corrected chi connectivity index (χ2v) is 8.12. The number of anilines is 1. The molecule has 0 amide bonds.